The first kappa shape index (κ1) is 9.86. The highest BCUT2D eigenvalue weighted by Gasteiger charge is 2.30. The number of hydrogen-bond acceptors (Lipinski definition) is 4. The maximum Gasteiger partial charge on any atom is 0.225 e. The van der Waals surface area contributed by atoms with Crippen molar-refractivity contribution in [2.75, 3.05) is 18.0 Å². The molecule has 0 bridgehead atoms. The molecule has 1 aliphatic rings. The fraction of sp³-hybridized carbons (Fsp3) is 0.556. The topological polar surface area (TPSA) is 55.0 Å². The first-order chi connectivity index (χ1) is 6.81. The highest BCUT2D eigenvalue weighted by atomic mass is 79.9. The molecule has 0 spiro atoms. The molecule has 2 rings (SSSR count). The maximum absolute atomic E-state index is 5.56. The van der Waals surface area contributed by atoms with Crippen LogP contribution < -0.4 is 10.6 Å². The predicted octanol–water partition coefficient (Wildman–Crippen LogP) is 1.17. The molecule has 0 atom stereocenters. The van der Waals surface area contributed by atoms with Gasteiger partial charge in [0.2, 0.25) is 5.95 Å². The summed E-state index contributed by atoms with van der Waals surface area (Å²) in [6, 6.07) is 0.611. The molecule has 4 nitrogen and oxygen atoms in total. The van der Waals surface area contributed by atoms with E-state index in [-0.39, 0.29) is 0 Å². The van der Waals surface area contributed by atoms with Crippen molar-refractivity contribution in [3.8, 4) is 0 Å². The molecule has 0 unspecified atom stereocenters. The molecule has 0 saturated heterocycles. The summed E-state index contributed by atoms with van der Waals surface area (Å²) in [7, 11) is 0. The highest BCUT2D eigenvalue weighted by Crippen LogP contribution is 2.29. The van der Waals surface area contributed by atoms with Crippen molar-refractivity contribution in [2.45, 2.75) is 18.9 Å². The van der Waals surface area contributed by atoms with Crippen molar-refractivity contribution in [2.24, 2.45) is 5.73 Å². The first-order valence-electron chi connectivity index (χ1n) is 4.75. The summed E-state index contributed by atoms with van der Waals surface area (Å²) in [4.78, 5) is 10.7. The molecule has 0 aromatic carbocycles. The van der Waals surface area contributed by atoms with Gasteiger partial charge < -0.3 is 10.6 Å². The van der Waals surface area contributed by atoms with E-state index in [1.54, 1.807) is 12.4 Å². The Kier molecular flexibility index (Phi) is 2.98. The van der Waals surface area contributed by atoms with Crippen molar-refractivity contribution in [3.63, 3.8) is 0 Å². The third-order valence-electron chi connectivity index (χ3n) is 2.22. The standard InChI is InChI=1S/C9H13BrN4/c10-7-5-12-9(13-6-7)14(4-3-11)8-1-2-8/h5-6,8H,1-4,11H2. The van der Waals surface area contributed by atoms with Gasteiger partial charge >= 0.3 is 0 Å². The van der Waals surface area contributed by atoms with Crippen LogP contribution in [0.3, 0.4) is 0 Å². The van der Waals surface area contributed by atoms with E-state index in [0.29, 0.717) is 12.6 Å². The van der Waals surface area contributed by atoms with Crippen LogP contribution in [-0.4, -0.2) is 29.1 Å². The highest BCUT2D eigenvalue weighted by molar-refractivity contribution is 9.10. The Morgan fingerprint density at radius 2 is 2.07 bits per heavy atom. The van der Waals surface area contributed by atoms with Gasteiger partial charge in [0, 0.05) is 31.5 Å². The van der Waals surface area contributed by atoms with E-state index in [1.165, 1.54) is 12.8 Å². The zero-order chi connectivity index (χ0) is 9.97. The van der Waals surface area contributed by atoms with Gasteiger partial charge in [-0.2, -0.15) is 0 Å². The Hall–Kier alpha value is -0.680. The van der Waals surface area contributed by atoms with Gasteiger partial charge in [0.25, 0.3) is 0 Å². The predicted molar refractivity (Wildman–Crippen MR) is 59.2 cm³/mol. The third-order valence-corrected chi connectivity index (χ3v) is 2.63. The molecule has 1 heterocycles. The monoisotopic (exact) mass is 256 g/mol. The fourth-order valence-electron chi connectivity index (χ4n) is 1.42. The summed E-state index contributed by atoms with van der Waals surface area (Å²) >= 11 is 3.32. The van der Waals surface area contributed by atoms with Gasteiger partial charge in [0.1, 0.15) is 0 Å². The molecule has 1 aliphatic carbocycles. The number of hydrogen-bond donors (Lipinski definition) is 1. The quantitative estimate of drug-likeness (QED) is 0.879. The van der Waals surface area contributed by atoms with Crippen LogP contribution in [-0.2, 0) is 0 Å². The van der Waals surface area contributed by atoms with Gasteiger partial charge in [-0.1, -0.05) is 0 Å². The molecule has 1 aromatic rings. The normalized spacial score (nSPS) is 15.6. The van der Waals surface area contributed by atoms with Crippen LogP contribution >= 0.6 is 15.9 Å². The lowest BCUT2D eigenvalue weighted by molar-refractivity contribution is 0.753. The molecule has 14 heavy (non-hydrogen) atoms. The summed E-state index contributed by atoms with van der Waals surface area (Å²) in [5, 5.41) is 0. The first-order valence-corrected chi connectivity index (χ1v) is 5.55. The van der Waals surface area contributed by atoms with Crippen LogP contribution in [0.4, 0.5) is 5.95 Å². The third kappa shape index (κ3) is 2.22. The van der Waals surface area contributed by atoms with Gasteiger partial charge in [-0.25, -0.2) is 9.97 Å². The Morgan fingerprint density at radius 1 is 1.43 bits per heavy atom. The van der Waals surface area contributed by atoms with E-state index >= 15 is 0 Å². The zero-order valence-corrected chi connectivity index (χ0v) is 9.44. The minimum atomic E-state index is 0.611. The lowest BCUT2D eigenvalue weighted by atomic mass is 10.5. The van der Waals surface area contributed by atoms with Crippen LogP contribution in [0.1, 0.15) is 12.8 Å². The minimum Gasteiger partial charge on any atom is -0.337 e. The molecule has 0 aliphatic heterocycles. The second-order valence-corrected chi connectivity index (χ2v) is 4.33. The van der Waals surface area contributed by atoms with Crippen LogP contribution in [0.15, 0.2) is 16.9 Å². The fourth-order valence-corrected chi connectivity index (χ4v) is 1.63. The average Bonchev–Trinajstić information content (AvgIpc) is 2.99. The van der Waals surface area contributed by atoms with E-state index in [4.69, 9.17) is 5.73 Å². The Balaban J connectivity index is 2.13. The summed E-state index contributed by atoms with van der Waals surface area (Å²) in [5.41, 5.74) is 5.56. The number of aromatic nitrogens is 2. The molecule has 1 saturated carbocycles. The summed E-state index contributed by atoms with van der Waals surface area (Å²) in [6.45, 7) is 1.49. The van der Waals surface area contributed by atoms with Crippen LogP contribution in [0.5, 0.6) is 0 Å². The maximum atomic E-state index is 5.56. The smallest absolute Gasteiger partial charge is 0.225 e. The Labute approximate surface area is 91.7 Å². The average molecular weight is 257 g/mol. The molecular weight excluding hydrogens is 244 g/mol. The van der Waals surface area contributed by atoms with Crippen LogP contribution in [0.25, 0.3) is 0 Å². The largest absolute Gasteiger partial charge is 0.337 e. The van der Waals surface area contributed by atoms with E-state index < -0.39 is 0 Å². The van der Waals surface area contributed by atoms with Crippen LogP contribution in [0.2, 0.25) is 0 Å². The SMILES string of the molecule is NCCN(c1ncc(Br)cn1)C1CC1. The summed E-state index contributed by atoms with van der Waals surface area (Å²) in [5.74, 6) is 0.793. The van der Waals surface area contributed by atoms with Crippen LogP contribution in [0, 0.1) is 0 Å². The van der Waals surface area contributed by atoms with Gasteiger partial charge in [-0.05, 0) is 28.8 Å². The molecular formula is C9H13BrN4. The lowest BCUT2D eigenvalue weighted by Crippen LogP contribution is -2.32. The number of anilines is 1. The Bertz CT molecular complexity index is 296. The van der Waals surface area contributed by atoms with Crippen molar-refractivity contribution in [1.82, 2.24) is 9.97 Å². The van der Waals surface area contributed by atoms with Crippen molar-refractivity contribution in [3.05, 3.63) is 16.9 Å². The van der Waals surface area contributed by atoms with Gasteiger partial charge in [0.15, 0.2) is 0 Å². The Morgan fingerprint density at radius 3 is 2.57 bits per heavy atom. The molecule has 1 aromatic heterocycles. The number of nitrogens with zero attached hydrogens (tertiary/aromatic N) is 3. The molecule has 76 valence electrons. The van der Waals surface area contributed by atoms with Gasteiger partial charge in [-0.15, -0.1) is 0 Å². The number of rotatable bonds is 4. The van der Waals surface area contributed by atoms with Gasteiger partial charge in [-0.3, -0.25) is 0 Å². The summed E-state index contributed by atoms with van der Waals surface area (Å²) < 4.78 is 0.907. The minimum absolute atomic E-state index is 0.611. The van der Waals surface area contributed by atoms with Crippen molar-refractivity contribution in [1.29, 1.82) is 0 Å². The molecule has 5 heteroatoms. The summed E-state index contributed by atoms with van der Waals surface area (Å²) in [6.07, 6.45) is 6.02. The molecule has 0 radical (unpaired) electrons. The number of nitrogens with two attached hydrogens (primary N) is 1. The van der Waals surface area contributed by atoms with E-state index in [2.05, 4.69) is 30.8 Å². The van der Waals surface area contributed by atoms with Gasteiger partial charge in [0.05, 0.1) is 4.47 Å². The second kappa shape index (κ2) is 4.23. The van der Waals surface area contributed by atoms with Crippen molar-refractivity contribution < 1.29 is 0 Å². The van der Waals surface area contributed by atoms with E-state index in [9.17, 15) is 0 Å². The second-order valence-electron chi connectivity index (χ2n) is 3.41. The zero-order valence-electron chi connectivity index (χ0n) is 7.86. The lowest BCUT2D eigenvalue weighted by Gasteiger charge is -2.20. The van der Waals surface area contributed by atoms with Crippen molar-refractivity contribution >= 4 is 21.9 Å². The molecule has 1 fully saturated rings. The molecule has 0 amide bonds. The molecule has 2 N–H and O–H groups in total. The van der Waals surface area contributed by atoms with E-state index in [0.717, 1.165) is 17.0 Å². The van der Waals surface area contributed by atoms with E-state index in [1.807, 2.05) is 0 Å². The number of halogens is 1.